The SMILES string of the molecule is Cc1ccc(NC(=O)Nc2ccc(Cc3ccc(NC(=O)Nc4ccc(C)cc4[N+](=O)[O-])cc3)cc2)c([N+](=O)[O-])c1. The van der Waals surface area contributed by atoms with E-state index in [9.17, 15) is 29.8 Å². The largest absolute Gasteiger partial charge is 0.323 e. The number of nitro groups is 2. The van der Waals surface area contributed by atoms with Gasteiger partial charge >= 0.3 is 12.1 Å². The topological polar surface area (TPSA) is 169 Å². The third-order valence-corrected chi connectivity index (χ3v) is 6.03. The number of carbonyl (C=O) groups excluding carboxylic acids is 2. The predicted molar refractivity (Wildman–Crippen MR) is 157 cm³/mol. The number of aryl methyl sites for hydroxylation is 2. The van der Waals surface area contributed by atoms with Crippen LogP contribution in [0.2, 0.25) is 0 Å². The van der Waals surface area contributed by atoms with E-state index in [0.717, 1.165) is 11.1 Å². The molecule has 0 fully saturated rings. The molecule has 0 aromatic heterocycles. The van der Waals surface area contributed by atoms with Crippen LogP contribution in [-0.2, 0) is 6.42 Å². The minimum atomic E-state index is -0.603. The lowest BCUT2D eigenvalue weighted by molar-refractivity contribution is -0.384. The van der Waals surface area contributed by atoms with Crippen LogP contribution >= 0.6 is 0 Å². The number of nitro benzene ring substituents is 2. The van der Waals surface area contributed by atoms with E-state index < -0.39 is 21.9 Å². The highest BCUT2D eigenvalue weighted by Crippen LogP contribution is 2.27. The number of carbonyl (C=O) groups is 2. The highest BCUT2D eigenvalue weighted by Gasteiger charge is 2.17. The normalized spacial score (nSPS) is 10.4. The molecule has 0 saturated heterocycles. The summed E-state index contributed by atoms with van der Waals surface area (Å²) < 4.78 is 0. The van der Waals surface area contributed by atoms with Gasteiger partial charge in [-0.3, -0.25) is 20.2 Å². The predicted octanol–water partition coefficient (Wildman–Crippen LogP) is 7.00. The first-order valence-electron chi connectivity index (χ1n) is 12.4. The molecule has 4 amide bonds. The Morgan fingerprint density at radius 3 is 1.29 bits per heavy atom. The van der Waals surface area contributed by atoms with Crippen molar-refractivity contribution in [1.29, 1.82) is 0 Å². The molecule has 0 aliphatic carbocycles. The average Bonchev–Trinajstić information content (AvgIpc) is 2.92. The average molecular weight is 555 g/mol. The molecule has 0 aliphatic heterocycles. The van der Waals surface area contributed by atoms with Crippen LogP contribution in [-0.4, -0.2) is 21.9 Å². The molecule has 12 nitrogen and oxygen atoms in total. The van der Waals surface area contributed by atoms with E-state index in [1.807, 2.05) is 24.3 Å². The van der Waals surface area contributed by atoms with Crippen molar-refractivity contribution in [1.82, 2.24) is 0 Å². The van der Waals surface area contributed by atoms with E-state index >= 15 is 0 Å². The first-order valence-corrected chi connectivity index (χ1v) is 12.4. The van der Waals surface area contributed by atoms with Crippen LogP contribution in [0.25, 0.3) is 0 Å². The van der Waals surface area contributed by atoms with Gasteiger partial charge in [0.2, 0.25) is 0 Å². The van der Waals surface area contributed by atoms with Crippen LogP contribution < -0.4 is 21.3 Å². The molecule has 41 heavy (non-hydrogen) atoms. The van der Waals surface area contributed by atoms with Gasteiger partial charge in [-0.05, 0) is 78.9 Å². The number of urea groups is 2. The Labute approximate surface area is 234 Å². The van der Waals surface area contributed by atoms with E-state index in [-0.39, 0.29) is 22.7 Å². The summed E-state index contributed by atoms with van der Waals surface area (Å²) in [6, 6.07) is 22.2. The number of nitrogens with one attached hydrogen (secondary N) is 4. The lowest BCUT2D eigenvalue weighted by Gasteiger charge is -2.10. The van der Waals surface area contributed by atoms with Crippen LogP contribution in [0.15, 0.2) is 84.9 Å². The summed E-state index contributed by atoms with van der Waals surface area (Å²) in [7, 11) is 0. The molecule has 0 radical (unpaired) electrons. The molecule has 0 heterocycles. The van der Waals surface area contributed by atoms with Crippen LogP contribution in [0.4, 0.5) is 43.7 Å². The van der Waals surface area contributed by atoms with Crippen molar-refractivity contribution in [3.8, 4) is 0 Å². The van der Waals surface area contributed by atoms with Crippen LogP contribution in [0, 0.1) is 34.1 Å². The summed E-state index contributed by atoms with van der Waals surface area (Å²) in [5.41, 5.74) is 4.21. The molecule has 0 unspecified atom stereocenters. The Hall–Kier alpha value is -5.78. The van der Waals surface area contributed by atoms with Gasteiger partial charge in [0.15, 0.2) is 0 Å². The Kier molecular flexibility index (Phi) is 8.53. The van der Waals surface area contributed by atoms with Gasteiger partial charge < -0.3 is 21.3 Å². The van der Waals surface area contributed by atoms with E-state index in [1.165, 1.54) is 24.3 Å². The lowest BCUT2D eigenvalue weighted by Crippen LogP contribution is -2.20. The maximum absolute atomic E-state index is 12.4. The van der Waals surface area contributed by atoms with Crippen LogP contribution in [0.1, 0.15) is 22.3 Å². The molecule has 0 spiro atoms. The summed E-state index contributed by atoms with van der Waals surface area (Å²) in [5.74, 6) is 0. The first kappa shape index (κ1) is 28.2. The quantitative estimate of drug-likeness (QED) is 0.135. The second kappa shape index (κ2) is 12.4. The molecule has 12 heteroatoms. The van der Waals surface area contributed by atoms with E-state index in [4.69, 9.17) is 0 Å². The lowest BCUT2D eigenvalue weighted by atomic mass is 10.0. The Balaban J connectivity index is 1.31. The number of hydrogen-bond acceptors (Lipinski definition) is 6. The second-order valence-electron chi connectivity index (χ2n) is 9.28. The summed E-state index contributed by atoms with van der Waals surface area (Å²) in [5, 5.41) is 32.9. The summed E-state index contributed by atoms with van der Waals surface area (Å²) >= 11 is 0. The van der Waals surface area contributed by atoms with Crippen molar-refractivity contribution >= 4 is 46.2 Å². The smallest absolute Gasteiger partial charge is 0.308 e. The zero-order chi connectivity index (χ0) is 29.5. The minimum Gasteiger partial charge on any atom is -0.308 e. The molecular weight excluding hydrogens is 528 g/mol. The van der Waals surface area contributed by atoms with Crippen molar-refractivity contribution in [3.63, 3.8) is 0 Å². The summed E-state index contributed by atoms with van der Waals surface area (Å²) in [6.45, 7) is 3.46. The maximum atomic E-state index is 12.4. The number of rotatable bonds is 8. The Bertz CT molecular complexity index is 1500. The van der Waals surface area contributed by atoms with Gasteiger partial charge in [-0.1, -0.05) is 36.4 Å². The van der Waals surface area contributed by atoms with Crippen molar-refractivity contribution in [2.45, 2.75) is 20.3 Å². The number of nitrogens with zero attached hydrogens (tertiary/aromatic N) is 2. The fraction of sp³-hybridized carbons (Fsp3) is 0.103. The molecular formula is C29H26N6O6. The van der Waals surface area contributed by atoms with Crippen molar-refractivity contribution in [2.75, 3.05) is 21.3 Å². The molecule has 4 rings (SSSR count). The molecule has 0 aliphatic rings. The van der Waals surface area contributed by atoms with Crippen molar-refractivity contribution in [3.05, 3.63) is 127 Å². The third kappa shape index (κ3) is 7.63. The number of anilines is 4. The monoisotopic (exact) mass is 554 g/mol. The fourth-order valence-electron chi connectivity index (χ4n) is 4.01. The highest BCUT2D eigenvalue weighted by atomic mass is 16.6. The molecule has 0 atom stereocenters. The first-order chi connectivity index (χ1) is 19.6. The third-order valence-electron chi connectivity index (χ3n) is 6.03. The second-order valence-corrected chi connectivity index (χ2v) is 9.28. The summed E-state index contributed by atoms with van der Waals surface area (Å²) in [6.07, 6.45) is 0.587. The Morgan fingerprint density at radius 1 is 0.585 bits per heavy atom. The molecule has 0 bridgehead atoms. The standard InChI is InChI=1S/C29H26N6O6/c1-18-3-13-24(26(15-18)34(38)39)32-28(36)30-22-9-5-20(6-10-22)17-21-7-11-23(12-8-21)31-29(37)33-25-14-4-19(2)16-27(25)35(40)41/h3-16H,17H2,1-2H3,(H2,30,32,36)(H2,31,33,37). The van der Waals surface area contributed by atoms with Gasteiger partial charge in [0.05, 0.1) is 9.85 Å². The minimum absolute atomic E-state index is 0.0987. The van der Waals surface area contributed by atoms with Crippen molar-refractivity contribution < 1.29 is 19.4 Å². The van der Waals surface area contributed by atoms with E-state index in [0.29, 0.717) is 28.9 Å². The zero-order valence-corrected chi connectivity index (χ0v) is 22.1. The van der Waals surface area contributed by atoms with Gasteiger partial charge in [0, 0.05) is 23.5 Å². The summed E-state index contributed by atoms with van der Waals surface area (Å²) in [4.78, 5) is 46.2. The fourth-order valence-corrected chi connectivity index (χ4v) is 4.01. The number of amides is 4. The van der Waals surface area contributed by atoms with E-state index in [1.54, 1.807) is 50.2 Å². The highest BCUT2D eigenvalue weighted by molar-refractivity contribution is 6.02. The number of benzene rings is 4. The zero-order valence-electron chi connectivity index (χ0n) is 22.1. The molecule has 0 saturated carbocycles. The number of hydrogen-bond donors (Lipinski definition) is 4. The van der Waals surface area contributed by atoms with Gasteiger partial charge in [-0.2, -0.15) is 0 Å². The van der Waals surface area contributed by atoms with Crippen LogP contribution in [0.3, 0.4) is 0 Å². The molecule has 208 valence electrons. The Morgan fingerprint density at radius 2 is 0.951 bits per heavy atom. The van der Waals surface area contributed by atoms with Crippen LogP contribution in [0.5, 0.6) is 0 Å². The molecule has 4 aromatic rings. The van der Waals surface area contributed by atoms with Gasteiger partial charge in [-0.25, -0.2) is 9.59 Å². The van der Waals surface area contributed by atoms with Gasteiger partial charge in [0.25, 0.3) is 11.4 Å². The molecule has 4 N–H and O–H groups in total. The van der Waals surface area contributed by atoms with Crippen molar-refractivity contribution in [2.24, 2.45) is 0 Å². The van der Waals surface area contributed by atoms with Gasteiger partial charge in [0.1, 0.15) is 11.4 Å². The maximum Gasteiger partial charge on any atom is 0.323 e. The van der Waals surface area contributed by atoms with Gasteiger partial charge in [-0.15, -0.1) is 0 Å². The van der Waals surface area contributed by atoms with E-state index in [2.05, 4.69) is 21.3 Å². The molecule has 4 aromatic carbocycles.